The molecular weight excluding hydrogens is 200 g/mol. The van der Waals surface area contributed by atoms with E-state index in [9.17, 15) is 13.9 Å². The van der Waals surface area contributed by atoms with Gasteiger partial charge in [-0.2, -0.15) is 0 Å². The van der Waals surface area contributed by atoms with Crippen LogP contribution in [0, 0.1) is 11.8 Å². The molecule has 15 heavy (non-hydrogen) atoms. The summed E-state index contributed by atoms with van der Waals surface area (Å²) in [5.41, 5.74) is 0. The van der Waals surface area contributed by atoms with E-state index in [2.05, 4.69) is 11.8 Å². The van der Waals surface area contributed by atoms with Crippen LogP contribution in [0.25, 0.3) is 0 Å². The van der Waals surface area contributed by atoms with E-state index in [-0.39, 0.29) is 31.4 Å². The van der Waals surface area contributed by atoms with Gasteiger partial charge in [0, 0.05) is 25.4 Å². The van der Waals surface area contributed by atoms with E-state index in [0.29, 0.717) is 5.92 Å². The molecule has 0 amide bonds. The monoisotopic (exact) mass is 219 g/mol. The molecule has 1 saturated heterocycles. The van der Waals surface area contributed by atoms with Gasteiger partial charge in [0.25, 0.3) is 0 Å². The Labute approximate surface area is 89.3 Å². The Morgan fingerprint density at radius 1 is 1.40 bits per heavy atom. The molecule has 0 radical (unpaired) electrons. The van der Waals surface area contributed by atoms with E-state index in [0.717, 1.165) is 19.5 Å². The predicted octanol–water partition coefficient (Wildman–Crippen LogP) is 1.73. The molecule has 2 nitrogen and oxygen atoms in total. The average molecular weight is 219 g/mol. The van der Waals surface area contributed by atoms with Crippen LogP contribution in [0.3, 0.4) is 0 Å². The Balaban J connectivity index is 1.80. The lowest BCUT2D eigenvalue weighted by Gasteiger charge is -2.38. The van der Waals surface area contributed by atoms with Gasteiger partial charge in [0.15, 0.2) is 0 Å². The van der Waals surface area contributed by atoms with Gasteiger partial charge in [-0.3, -0.25) is 4.90 Å². The van der Waals surface area contributed by atoms with Gasteiger partial charge in [-0.15, -0.1) is 0 Å². The van der Waals surface area contributed by atoms with Crippen molar-refractivity contribution < 1.29 is 13.9 Å². The second kappa shape index (κ2) is 3.98. The largest absolute Gasteiger partial charge is 0.395 e. The minimum absolute atomic E-state index is 0.0377. The first-order valence-electron chi connectivity index (χ1n) is 5.74. The van der Waals surface area contributed by atoms with Crippen molar-refractivity contribution >= 4 is 0 Å². The summed E-state index contributed by atoms with van der Waals surface area (Å²) in [5, 5.41) is 9.22. The molecule has 4 heteroatoms. The van der Waals surface area contributed by atoms with Crippen LogP contribution in [0.4, 0.5) is 8.78 Å². The lowest BCUT2D eigenvalue weighted by atomic mass is 9.81. The maximum absolute atomic E-state index is 12.7. The maximum atomic E-state index is 12.7. The molecule has 1 aliphatic carbocycles. The van der Waals surface area contributed by atoms with Gasteiger partial charge in [-0.1, -0.05) is 6.92 Å². The van der Waals surface area contributed by atoms with E-state index < -0.39 is 5.92 Å². The first-order valence-corrected chi connectivity index (χ1v) is 5.74. The predicted molar refractivity (Wildman–Crippen MR) is 53.9 cm³/mol. The third kappa shape index (κ3) is 2.31. The zero-order valence-electron chi connectivity index (χ0n) is 9.13. The van der Waals surface area contributed by atoms with E-state index in [4.69, 9.17) is 0 Å². The summed E-state index contributed by atoms with van der Waals surface area (Å²) in [6.45, 7) is 3.97. The van der Waals surface area contributed by atoms with Crippen LogP contribution in [0.1, 0.15) is 26.2 Å². The highest BCUT2D eigenvalue weighted by Gasteiger charge is 2.46. The first-order chi connectivity index (χ1) is 7.02. The molecule has 2 rings (SSSR count). The number of hydrogen-bond acceptors (Lipinski definition) is 2. The van der Waals surface area contributed by atoms with Crippen molar-refractivity contribution in [3.63, 3.8) is 0 Å². The van der Waals surface area contributed by atoms with Crippen molar-refractivity contribution in [1.29, 1.82) is 0 Å². The van der Waals surface area contributed by atoms with Crippen molar-refractivity contribution in [2.45, 2.75) is 38.2 Å². The van der Waals surface area contributed by atoms with Gasteiger partial charge in [0.05, 0.1) is 6.61 Å². The van der Waals surface area contributed by atoms with Crippen LogP contribution >= 0.6 is 0 Å². The van der Waals surface area contributed by atoms with Crippen molar-refractivity contribution in [3.05, 3.63) is 0 Å². The molecule has 2 atom stereocenters. The number of likely N-dealkylation sites (tertiary alicyclic amines) is 1. The van der Waals surface area contributed by atoms with Crippen LogP contribution in [-0.2, 0) is 0 Å². The molecule has 2 unspecified atom stereocenters. The second-order valence-electron chi connectivity index (χ2n) is 5.14. The molecule has 1 N–H and O–H groups in total. The Bertz CT molecular complexity index is 227. The van der Waals surface area contributed by atoms with Gasteiger partial charge in [-0.25, -0.2) is 8.78 Å². The van der Waals surface area contributed by atoms with Crippen molar-refractivity contribution in [1.82, 2.24) is 4.90 Å². The Morgan fingerprint density at radius 2 is 2.07 bits per heavy atom. The summed E-state index contributed by atoms with van der Waals surface area (Å²) in [6.07, 6.45) is 1.15. The van der Waals surface area contributed by atoms with E-state index in [1.807, 2.05) is 0 Å². The Kier molecular flexibility index (Phi) is 2.99. The fourth-order valence-electron chi connectivity index (χ4n) is 2.86. The quantitative estimate of drug-likeness (QED) is 0.781. The summed E-state index contributed by atoms with van der Waals surface area (Å²) < 4.78 is 25.3. The highest BCUT2D eigenvalue weighted by atomic mass is 19.3. The minimum Gasteiger partial charge on any atom is -0.395 e. The molecule has 0 aromatic rings. The van der Waals surface area contributed by atoms with E-state index in [1.54, 1.807) is 0 Å². The summed E-state index contributed by atoms with van der Waals surface area (Å²) in [4.78, 5) is 2.19. The van der Waals surface area contributed by atoms with Crippen LogP contribution in [0.5, 0.6) is 0 Å². The number of aliphatic hydroxyl groups excluding tert-OH is 1. The molecule has 0 aromatic carbocycles. The van der Waals surface area contributed by atoms with Gasteiger partial charge in [0.2, 0.25) is 5.92 Å². The number of alkyl halides is 2. The van der Waals surface area contributed by atoms with Crippen LogP contribution in [0.15, 0.2) is 0 Å². The number of hydrogen-bond donors (Lipinski definition) is 1. The van der Waals surface area contributed by atoms with Crippen molar-refractivity contribution in [2.75, 3.05) is 19.7 Å². The summed E-state index contributed by atoms with van der Waals surface area (Å²) in [5.74, 6) is -1.78. The number of halogens is 2. The van der Waals surface area contributed by atoms with Crippen molar-refractivity contribution in [3.8, 4) is 0 Å². The average Bonchev–Trinajstić information content (AvgIpc) is 2.44. The number of rotatable bonds is 3. The molecule has 2 fully saturated rings. The zero-order valence-corrected chi connectivity index (χ0v) is 9.13. The minimum atomic E-state index is -2.41. The molecule has 1 heterocycles. The normalized spacial score (nSPS) is 36.8. The smallest absolute Gasteiger partial charge is 0.248 e. The topological polar surface area (TPSA) is 23.5 Å². The fraction of sp³-hybridized carbons (Fsp3) is 1.00. The first kappa shape index (κ1) is 11.3. The van der Waals surface area contributed by atoms with Crippen LogP contribution in [-0.4, -0.2) is 41.7 Å². The van der Waals surface area contributed by atoms with Gasteiger partial charge < -0.3 is 5.11 Å². The molecule has 88 valence electrons. The Morgan fingerprint density at radius 3 is 2.60 bits per heavy atom. The summed E-state index contributed by atoms with van der Waals surface area (Å²) in [6, 6.07) is 0.194. The molecule has 1 saturated carbocycles. The Hall–Kier alpha value is -0.220. The standard InChI is InChI=1S/C11H19F2NO/c1-8-2-3-14(10(8)7-15)6-9-4-11(12,13)5-9/h8-10,15H,2-7H2,1H3. The highest BCUT2D eigenvalue weighted by molar-refractivity contribution is 4.92. The molecular formula is C11H19F2NO. The molecule has 0 spiro atoms. The maximum Gasteiger partial charge on any atom is 0.248 e. The fourth-order valence-corrected chi connectivity index (χ4v) is 2.86. The van der Waals surface area contributed by atoms with Gasteiger partial charge in [0.1, 0.15) is 0 Å². The van der Waals surface area contributed by atoms with Crippen LogP contribution in [0.2, 0.25) is 0 Å². The van der Waals surface area contributed by atoms with Gasteiger partial charge in [-0.05, 0) is 24.8 Å². The molecule has 2 aliphatic rings. The van der Waals surface area contributed by atoms with Crippen LogP contribution < -0.4 is 0 Å². The molecule has 0 bridgehead atoms. The third-order valence-electron chi connectivity index (χ3n) is 3.85. The van der Waals surface area contributed by atoms with Crippen molar-refractivity contribution in [2.24, 2.45) is 11.8 Å². The van der Waals surface area contributed by atoms with Gasteiger partial charge >= 0.3 is 0 Å². The SMILES string of the molecule is CC1CCN(CC2CC(F)(F)C2)C1CO. The number of nitrogens with zero attached hydrogens (tertiary/aromatic N) is 1. The summed E-state index contributed by atoms with van der Waals surface area (Å²) in [7, 11) is 0. The third-order valence-corrected chi connectivity index (χ3v) is 3.85. The zero-order chi connectivity index (χ0) is 11.1. The van der Waals surface area contributed by atoms with E-state index in [1.165, 1.54) is 0 Å². The lowest BCUT2D eigenvalue weighted by Crippen LogP contribution is -2.45. The molecule has 1 aliphatic heterocycles. The highest BCUT2D eigenvalue weighted by Crippen LogP contribution is 2.43. The lowest BCUT2D eigenvalue weighted by molar-refractivity contribution is -0.117. The number of aliphatic hydroxyl groups is 1. The second-order valence-corrected chi connectivity index (χ2v) is 5.14. The molecule has 0 aromatic heterocycles. The van der Waals surface area contributed by atoms with E-state index >= 15 is 0 Å². The summed E-state index contributed by atoms with van der Waals surface area (Å²) >= 11 is 0.